The van der Waals surface area contributed by atoms with Gasteiger partial charge >= 0.3 is 0 Å². The molecule has 0 atom stereocenters. The van der Waals surface area contributed by atoms with Crippen molar-refractivity contribution in [2.45, 2.75) is 39.8 Å². The predicted octanol–water partition coefficient (Wildman–Crippen LogP) is 2.40. The molecule has 0 aromatic heterocycles. The number of nitrogens with one attached hydrogen (secondary N) is 2. The van der Waals surface area contributed by atoms with E-state index in [0.29, 0.717) is 0 Å². The van der Waals surface area contributed by atoms with Crippen LogP contribution in [0, 0.1) is 13.8 Å². The summed E-state index contributed by atoms with van der Waals surface area (Å²) in [7, 11) is 3.71. The lowest BCUT2D eigenvalue weighted by molar-refractivity contribution is 0.363. The number of benzene rings is 1. The number of ether oxygens (including phenoxy) is 1. The highest BCUT2D eigenvalue weighted by molar-refractivity contribution is 5.43. The molecule has 1 aromatic carbocycles. The van der Waals surface area contributed by atoms with E-state index < -0.39 is 0 Å². The average molecular weight is 250 g/mol. The van der Waals surface area contributed by atoms with Gasteiger partial charge in [-0.25, -0.2) is 0 Å². The molecule has 2 N–H and O–H groups in total. The van der Waals surface area contributed by atoms with Gasteiger partial charge in [0.2, 0.25) is 0 Å². The first-order chi connectivity index (χ1) is 8.39. The summed E-state index contributed by atoms with van der Waals surface area (Å²) in [6.45, 7) is 10.3. The Balaban J connectivity index is 2.84. The van der Waals surface area contributed by atoms with Crippen molar-refractivity contribution >= 4 is 0 Å². The van der Waals surface area contributed by atoms with Crippen LogP contribution in [0.1, 0.15) is 30.5 Å². The topological polar surface area (TPSA) is 33.3 Å². The molecule has 1 aromatic rings. The average Bonchev–Trinajstić information content (AvgIpc) is 2.26. The van der Waals surface area contributed by atoms with Gasteiger partial charge in [-0.3, -0.25) is 0 Å². The molecule has 0 saturated heterocycles. The fraction of sp³-hybridized carbons (Fsp3) is 0.600. The predicted molar refractivity (Wildman–Crippen MR) is 77.3 cm³/mol. The lowest BCUT2D eigenvalue weighted by Gasteiger charge is -2.27. The van der Waals surface area contributed by atoms with Crippen LogP contribution >= 0.6 is 0 Å². The highest BCUT2D eigenvalue weighted by Gasteiger charge is 2.17. The van der Waals surface area contributed by atoms with Crippen molar-refractivity contribution in [3.05, 3.63) is 28.8 Å². The molecule has 1 rings (SSSR count). The van der Waals surface area contributed by atoms with Crippen LogP contribution in [0.5, 0.6) is 5.75 Å². The quantitative estimate of drug-likeness (QED) is 0.813. The summed E-state index contributed by atoms with van der Waals surface area (Å²) < 4.78 is 5.50. The SMILES string of the molecule is CNCC(C)(C)NCc1cc(C)cc(C)c1OC. The standard InChI is InChI=1S/C15H26N2O/c1-11-7-12(2)14(18-6)13(8-11)9-17-15(3,4)10-16-5/h7-8,16-17H,9-10H2,1-6H3. The molecule has 0 aliphatic carbocycles. The Morgan fingerprint density at radius 3 is 2.44 bits per heavy atom. The number of hydrogen-bond donors (Lipinski definition) is 2. The number of aryl methyl sites for hydroxylation is 2. The Morgan fingerprint density at radius 2 is 1.89 bits per heavy atom. The summed E-state index contributed by atoms with van der Waals surface area (Å²) in [4.78, 5) is 0. The molecule has 18 heavy (non-hydrogen) atoms. The van der Waals surface area contributed by atoms with Gasteiger partial charge in [0.15, 0.2) is 0 Å². The number of likely N-dealkylation sites (N-methyl/N-ethyl adjacent to an activating group) is 1. The fourth-order valence-corrected chi connectivity index (χ4v) is 2.30. The van der Waals surface area contributed by atoms with Crippen molar-refractivity contribution in [1.82, 2.24) is 10.6 Å². The van der Waals surface area contributed by atoms with Gasteiger partial charge in [-0.2, -0.15) is 0 Å². The van der Waals surface area contributed by atoms with Crippen LogP contribution in [0.2, 0.25) is 0 Å². The molecule has 0 amide bonds. The van der Waals surface area contributed by atoms with Gasteiger partial charge in [0, 0.05) is 24.2 Å². The van der Waals surface area contributed by atoms with E-state index in [0.717, 1.165) is 18.8 Å². The minimum absolute atomic E-state index is 0.0669. The number of hydrogen-bond acceptors (Lipinski definition) is 3. The zero-order valence-electron chi connectivity index (χ0n) is 12.5. The summed E-state index contributed by atoms with van der Waals surface area (Å²) in [5.74, 6) is 0.994. The van der Waals surface area contributed by atoms with Crippen LogP contribution in [0.4, 0.5) is 0 Å². The summed E-state index contributed by atoms with van der Waals surface area (Å²) in [6, 6.07) is 4.34. The number of rotatable bonds is 6. The Bertz CT molecular complexity index is 400. The van der Waals surface area contributed by atoms with Crippen molar-refractivity contribution in [3.8, 4) is 5.75 Å². The number of methoxy groups -OCH3 is 1. The van der Waals surface area contributed by atoms with Crippen molar-refractivity contribution in [2.75, 3.05) is 20.7 Å². The third-order valence-electron chi connectivity index (χ3n) is 3.08. The zero-order chi connectivity index (χ0) is 13.8. The molecule has 0 aliphatic rings. The summed E-state index contributed by atoms with van der Waals surface area (Å²) >= 11 is 0. The maximum absolute atomic E-state index is 5.50. The molecule has 0 aliphatic heterocycles. The van der Waals surface area contributed by atoms with Gasteiger partial charge in [-0.15, -0.1) is 0 Å². The van der Waals surface area contributed by atoms with Crippen LogP contribution in [0.15, 0.2) is 12.1 Å². The molecular weight excluding hydrogens is 224 g/mol. The van der Waals surface area contributed by atoms with Crippen LogP contribution in [-0.4, -0.2) is 26.2 Å². The van der Waals surface area contributed by atoms with E-state index in [1.807, 2.05) is 7.05 Å². The third-order valence-corrected chi connectivity index (χ3v) is 3.08. The first-order valence-electron chi connectivity index (χ1n) is 6.43. The van der Waals surface area contributed by atoms with Gasteiger partial charge in [-0.1, -0.05) is 17.7 Å². The smallest absolute Gasteiger partial charge is 0.126 e. The Hall–Kier alpha value is -1.06. The highest BCUT2D eigenvalue weighted by Crippen LogP contribution is 2.25. The van der Waals surface area contributed by atoms with E-state index in [1.54, 1.807) is 7.11 Å². The lowest BCUT2D eigenvalue weighted by atomic mass is 10.0. The minimum atomic E-state index is 0.0669. The first kappa shape index (κ1) is 15.0. The van der Waals surface area contributed by atoms with Crippen LogP contribution in [0.3, 0.4) is 0 Å². The molecule has 0 radical (unpaired) electrons. The second-order valence-corrected chi connectivity index (χ2v) is 5.54. The monoisotopic (exact) mass is 250 g/mol. The third kappa shape index (κ3) is 4.00. The van der Waals surface area contributed by atoms with Gasteiger partial charge in [0.1, 0.15) is 5.75 Å². The van der Waals surface area contributed by atoms with Crippen molar-refractivity contribution in [3.63, 3.8) is 0 Å². The second-order valence-electron chi connectivity index (χ2n) is 5.54. The van der Waals surface area contributed by atoms with Gasteiger partial charge in [0.25, 0.3) is 0 Å². The zero-order valence-corrected chi connectivity index (χ0v) is 12.5. The Morgan fingerprint density at radius 1 is 1.22 bits per heavy atom. The lowest BCUT2D eigenvalue weighted by Crippen LogP contribution is -2.46. The Kier molecular flexibility index (Phi) is 5.17. The van der Waals surface area contributed by atoms with Crippen molar-refractivity contribution in [2.24, 2.45) is 0 Å². The minimum Gasteiger partial charge on any atom is -0.496 e. The van der Waals surface area contributed by atoms with E-state index in [9.17, 15) is 0 Å². The van der Waals surface area contributed by atoms with Crippen molar-refractivity contribution in [1.29, 1.82) is 0 Å². The summed E-state index contributed by atoms with van der Waals surface area (Å²) in [5, 5.41) is 6.76. The van der Waals surface area contributed by atoms with Crippen molar-refractivity contribution < 1.29 is 4.74 Å². The maximum Gasteiger partial charge on any atom is 0.126 e. The van der Waals surface area contributed by atoms with Crippen LogP contribution < -0.4 is 15.4 Å². The molecule has 0 heterocycles. The van der Waals surface area contributed by atoms with Gasteiger partial charge in [0.05, 0.1) is 7.11 Å². The van der Waals surface area contributed by atoms with Crippen LogP contribution in [0.25, 0.3) is 0 Å². The molecule has 0 unspecified atom stereocenters. The van der Waals surface area contributed by atoms with E-state index in [-0.39, 0.29) is 5.54 Å². The fourth-order valence-electron chi connectivity index (χ4n) is 2.30. The molecule has 0 spiro atoms. The van der Waals surface area contributed by atoms with E-state index in [4.69, 9.17) is 4.74 Å². The molecular formula is C15H26N2O. The molecule has 102 valence electrons. The van der Waals surface area contributed by atoms with Gasteiger partial charge < -0.3 is 15.4 Å². The molecule has 3 heteroatoms. The second kappa shape index (κ2) is 6.21. The normalized spacial score (nSPS) is 11.7. The summed E-state index contributed by atoms with van der Waals surface area (Å²) in [5.41, 5.74) is 3.76. The molecule has 3 nitrogen and oxygen atoms in total. The van der Waals surface area contributed by atoms with Crippen LogP contribution in [-0.2, 0) is 6.54 Å². The first-order valence-corrected chi connectivity index (χ1v) is 6.43. The molecule has 0 bridgehead atoms. The molecule has 0 fully saturated rings. The summed E-state index contributed by atoms with van der Waals surface area (Å²) in [6.07, 6.45) is 0. The van der Waals surface area contributed by atoms with E-state index in [1.165, 1.54) is 16.7 Å². The van der Waals surface area contributed by atoms with Gasteiger partial charge in [-0.05, 0) is 40.3 Å². The maximum atomic E-state index is 5.50. The van der Waals surface area contributed by atoms with E-state index in [2.05, 4.69) is 50.5 Å². The highest BCUT2D eigenvalue weighted by atomic mass is 16.5. The Labute approximate surface area is 111 Å². The van der Waals surface area contributed by atoms with E-state index >= 15 is 0 Å². The largest absolute Gasteiger partial charge is 0.496 e. The molecule has 0 saturated carbocycles.